The molecule has 5 atom stereocenters. The molecule has 0 aromatic heterocycles. The van der Waals surface area contributed by atoms with Gasteiger partial charge in [0.05, 0.1) is 12.2 Å². The number of ether oxygens (including phenoxy) is 4. The SMILES string of the molecule is CC1(C)OC2C(O)[C@@]3(C[C@H]3COC(=O)c3ccccc3)O[C@@H]2O1. The largest absolute Gasteiger partial charge is 0.462 e. The molecule has 1 spiro atoms. The molecule has 0 amide bonds. The van der Waals surface area contributed by atoms with Crippen LogP contribution in [-0.2, 0) is 18.9 Å². The van der Waals surface area contributed by atoms with Gasteiger partial charge in [-0.25, -0.2) is 4.79 Å². The fraction of sp³-hybridized carbons (Fsp3) is 0.588. The summed E-state index contributed by atoms with van der Waals surface area (Å²) < 4.78 is 22.6. The van der Waals surface area contributed by atoms with Crippen molar-refractivity contribution in [2.24, 2.45) is 5.92 Å². The fourth-order valence-electron chi connectivity index (χ4n) is 3.49. The summed E-state index contributed by atoms with van der Waals surface area (Å²) in [7, 11) is 0. The number of carbonyl (C=O) groups excluding carboxylic acids is 1. The molecule has 23 heavy (non-hydrogen) atoms. The lowest BCUT2D eigenvalue weighted by atomic mass is 10.1. The first-order valence-electron chi connectivity index (χ1n) is 7.85. The second-order valence-electron chi connectivity index (χ2n) is 6.85. The molecule has 0 radical (unpaired) electrons. The van der Waals surface area contributed by atoms with Gasteiger partial charge >= 0.3 is 5.97 Å². The van der Waals surface area contributed by atoms with E-state index in [2.05, 4.69) is 0 Å². The van der Waals surface area contributed by atoms with Crippen molar-refractivity contribution in [3.63, 3.8) is 0 Å². The number of rotatable bonds is 3. The predicted octanol–water partition coefficient (Wildman–Crippen LogP) is 1.47. The van der Waals surface area contributed by atoms with Crippen LogP contribution in [0.5, 0.6) is 0 Å². The molecule has 3 aliphatic rings. The minimum absolute atomic E-state index is 0.0360. The molecular weight excluding hydrogens is 300 g/mol. The van der Waals surface area contributed by atoms with Gasteiger partial charge in [0.15, 0.2) is 12.1 Å². The predicted molar refractivity (Wildman–Crippen MR) is 78.5 cm³/mol. The van der Waals surface area contributed by atoms with Crippen LogP contribution < -0.4 is 0 Å². The standard InChI is InChI=1S/C17H20O6/c1-16(2)21-12-13(18)17(23-15(12)22-16)8-11(17)9-20-14(19)10-6-4-3-5-7-10/h3-7,11-13,15,18H,8-9H2,1-2H3/t11-,12?,13?,15-,17-/m0/s1. The number of aliphatic hydroxyl groups is 1. The van der Waals surface area contributed by atoms with Gasteiger partial charge in [-0.1, -0.05) is 18.2 Å². The van der Waals surface area contributed by atoms with Crippen LogP contribution in [0.4, 0.5) is 0 Å². The first kappa shape index (κ1) is 15.1. The Balaban J connectivity index is 1.35. The highest BCUT2D eigenvalue weighted by Gasteiger charge is 2.72. The van der Waals surface area contributed by atoms with Gasteiger partial charge in [-0.05, 0) is 32.4 Å². The van der Waals surface area contributed by atoms with Crippen LogP contribution in [0.25, 0.3) is 0 Å². The van der Waals surface area contributed by atoms with Gasteiger partial charge < -0.3 is 24.1 Å². The summed E-state index contributed by atoms with van der Waals surface area (Å²) in [6, 6.07) is 8.84. The molecule has 4 rings (SSSR count). The van der Waals surface area contributed by atoms with Gasteiger partial charge in [0.2, 0.25) is 0 Å². The van der Waals surface area contributed by atoms with Gasteiger partial charge in [-0.2, -0.15) is 0 Å². The molecule has 0 bridgehead atoms. The van der Waals surface area contributed by atoms with E-state index in [1.54, 1.807) is 38.1 Å². The van der Waals surface area contributed by atoms with Crippen molar-refractivity contribution in [3.05, 3.63) is 35.9 Å². The summed E-state index contributed by atoms with van der Waals surface area (Å²) in [5.41, 5.74) is -0.191. The molecule has 3 fully saturated rings. The Morgan fingerprint density at radius 1 is 1.26 bits per heavy atom. The molecular formula is C17H20O6. The third-order valence-electron chi connectivity index (χ3n) is 4.76. The zero-order valence-electron chi connectivity index (χ0n) is 13.1. The van der Waals surface area contributed by atoms with Crippen LogP contribution >= 0.6 is 0 Å². The maximum Gasteiger partial charge on any atom is 0.338 e. The maximum atomic E-state index is 12.0. The third-order valence-corrected chi connectivity index (χ3v) is 4.76. The van der Waals surface area contributed by atoms with Crippen LogP contribution in [0.3, 0.4) is 0 Å². The molecule has 2 heterocycles. The zero-order valence-corrected chi connectivity index (χ0v) is 13.1. The highest BCUT2D eigenvalue weighted by atomic mass is 16.8. The van der Waals surface area contributed by atoms with E-state index in [0.29, 0.717) is 12.0 Å². The molecule has 2 saturated heterocycles. The topological polar surface area (TPSA) is 74.2 Å². The minimum atomic E-state index is -0.769. The number of esters is 1. The van der Waals surface area contributed by atoms with Crippen LogP contribution in [0.15, 0.2) is 30.3 Å². The van der Waals surface area contributed by atoms with Crippen LogP contribution in [0, 0.1) is 5.92 Å². The smallest absolute Gasteiger partial charge is 0.338 e. The number of hydrogen-bond donors (Lipinski definition) is 1. The number of fused-ring (bicyclic) bond motifs is 1. The Labute approximate surface area is 134 Å². The Kier molecular flexibility index (Phi) is 3.29. The quantitative estimate of drug-likeness (QED) is 0.850. The molecule has 6 nitrogen and oxygen atoms in total. The molecule has 1 aliphatic carbocycles. The Morgan fingerprint density at radius 3 is 2.70 bits per heavy atom. The van der Waals surface area contributed by atoms with E-state index in [1.807, 2.05) is 6.07 Å². The van der Waals surface area contributed by atoms with Gasteiger partial charge in [-0.15, -0.1) is 0 Å². The van der Waals surface area contributed by atoms with E-state index in [1.165, 1.54) is 0 Å². The zero-order chi connectivity index (χ0) is 16.2. The van der Waals surface area contributed by atoms with Crippen molar-refractivity contribution in [1.29, 1.82) is 0 Å². The maximum absolute atomic E-state index is 12.0. The molecule has 2 aliphatic heterocycles. The highest BCUT2D eigenvalue weighted by molar-refractivity contribution is 5.89. The second kappa shape index (κ2) is 5.01. The average molecular weight is 320 g/mol. The molecule has 1 aromatic carbocycles. The lowest BCUT2D eigenvalue weighted by Crippen LogP contribution is -2.37. The van der Waals surface area contributed by atoms with Crippen LogP contribution in [0.2, 0.25) is 0 Å². The lowest BCUT2D eigenvalue weighted by Gasteiger charge is -2.23. The number of carbonyl (C=O) groups is 1. The average Bonchev–Trinajstić information content (AvgIpc) is 3.06. The summed E-state index contributed by atoms with van der Waals surface area (Å²) >= 11 is 0. The van der Waals surface area contributed by atoms with E-state index in [4.69, 9.17) is 18.9 Å². The monoisotopic (exact) mass is 320 g/mol. The van der Waals surface area contributed by atoms with Crippen molar-refractivity contribution in [2.45, 2.75) is 50.2 Å². The van der Waals surface area contributed by atoms with Crippen molar-refractivity contribution < 1.29 is 28.8 Å². The van der Waals surface area contributed by atoms with Crippen LogP contribution in [-0.4, -0.2) is 47.6 Å². The Hall–Kier alpha value is -1.47. The fourth-order valence-corrected chi connectivity index (χ4v) is 3.49. The van der Waals surface area contributed by atoms with Gasteiger partial charge in [-0.3, -0.25) is 0 Å². The molecule has 6 heteroatoms. The summed E-state index contributed by atoms with van der Waals surface area (Å²) in [4.78, 5) is 12.0. The third kappa shape index (κ3) is 2.46. The van der Waals surface area contributed by atoms with E-state index in [0.717, 1.165) is 0 Å². The van der Waals surface area contributed by atoms with Gasteiger partial charge in [0.1, 0.15) is 17.8 Å². The number of hydrogen-bond acceptors (Lipinski definition) is 6. The van der Waals surface area contributed by atoms with E-state index < -0.39 is 29.9 Å². The molecule has 1 N–H and O–H groups in total. The first-order valence-corrected chi connectivity index (χ1v) is 7.85. The molecule has 124 valence electrons. The summed E-state index contributed by atoms with van der Waals surface area (Å²) in [5, 5.41) is 10.5. The normalized spacial score (nSPS) is 40.1. The van der Waals surface area contributed by atoms with Gasteiger partial charge in [0, 0.05) is 5.92 Å². The number of aliphatic hydroxyl groups excluding tert-OH is 1. The van der Waals surface area contributed by atoms with Gasteiger partial charge in [0.25, 0.3) is 0 Å². The van der Waals surface area contributed by atoms with Crippen molar-refractivity contribution >= 4 is 5.97 Å². The minimum Gasteiger partial charge on any atom is -0.462 e. The van der Waals surface area contributed by atoms with Crippen LogP contribution in [0.1, 0.15) is 30.6 Å². The summed E-state index contributed by atoms with van der Waals surface area (Å²) in [6.45, 7) is 3.80. The van der Waals surface area contributed by atoms with E-state index in [-0.39, 0.29) is 18.5 Å². The van der Waals surface area contributed by atoms with Crippen molar-refractivity contribution in [1.82, 2.24) is 0 Å². The Morgan fingerprint density at radius 2 is 2.00 bits per heavy atom. The first-order chi connectivity index (χ1) is 10.9. The molecule has 1 saturated carbocycles. The summed E-state index contributed by atoms with van der Waals surface area (Å²) in [6.07, 6.45) is -1.18. The van der Waals surface area contributed by atoms with Crippen molar-refractivity contribution in [3.8, 4) is 0 Å². The lowest BCUT2D eigenvalue weighted by molar-refractivity contribution is -0.223. The molecule has 1 aromatic rings. The van der Waals surface area contributed by atoms with E-state index in [9.17, 15) is 9.90 Å². The molecule has 2 unspecified atom stereocenters. The number of benzene rings is 1. The summed E-state index contributed by atoms with van der Waals surface area (Å²) in [5.74, 6) is -1.15. The second-order valence-corrected chi connectivity index (χ2v) is 6.85. The highest BCUT2D eigenvalue weighted by Crippen LogP contribution is 2.58. The van der Waals surface area contributed by atoms with Crippen molar-refractivity contribution in [2.75, 3.05) is 6.61 Å². The Bertz CT molecular complexity index is 615. The van der Waals surface area contributed by atoms with E-state index >= 15 is 0 Å².